The molecule has 0 aliphatic heterocycles. The van der Waals surface area contributed by atoms with Crippen molar-refractivity contribution in [3.63, 3.8) is 0 Å². The van der Waals surface area contributed by atoms with Gasteiger partial charge in [-0.1, -0.05) is 6.07 Å². The molecule has 0 saturated carbocycles. The molecule has 0 unspecified atom stereocenters. The zero-order chi connectivity index (χ0) is 23.9. The van der Waals surface area contributed by atoms with E-state index >= 15 is 0 Å². The third-order valence-corrected chi connectivity index (χ3v) is 5.24. The molecule has 6 nitrogen and oxygen atoms in total. The Hall–Kier alpha value is -3.85. The van der Waals surface area contributed by atoms with Gasteiger partial charge in [-0.15, -0.1) is 0 Å². The summed E-state index contributed by atoms with van der Waals surface area (Å²) in [7, 11) is 0. The lowest BCUT2D eigenvalue weighted by Crippen LogP contribution is -2.05. The summed E-state index contributed by atoms with van der Waals surface area (Å²) in [6, 6.07) is 14.3. The first-order chi connectivity index (χ1) is 15.6. The van der Waals surface area contributed by atoms with E-state index in [4.69, 9.17) is 5.11 Å². The number of nitrogens with zero attached hydrogens (tertiary/aromatic N) is 3. The maximum atomic E-state index is 13.4. The molecule has 0 spiro atoms. The highest BCUT2D eigenvalue weighted by Gasteiger charge is 2.32. The molecule has 33 heavy (non-hydrogen) atoms. The van der Waals surface area contributed by atoms with Crippen molar-refractivity contribution in [1.29, 1.82) is 0 Å². The van der Waals surface area contributed by atoms with E-state index in [2.05, 4.69) is 5.11 Å². The second kappa shape index (κ2) is 8.25. The number of benzene rings is 3. The van der Waals surface area contributed by atoms with E-state index < -0.39 is 17.6 Å². The van der Waals surface area contributed by atoms with Crippen molar-refractivity contribution in [3.05, 3.63) is 88.1 Å². The monoisotopic (exact) mass is 455 g/mol. The van der Waals surface area contributed by atoms with E-state index in [-0.39, 0.29) is 33.7 Å². The molecule has 0 aliphatic carbocycles. The van der Waals surface area contributed by atoms with Crippen LogP contribution in [0.2, 0.25) is 0 Å². The van der Waals surface area contributed by atoms with Crippen LogP contribution in [-0.2, 0) is 12.8 Å². The Kier molecular flexibility index (Phi) is 5.59. The SMILES string of the molecule is Cc1cc(C)cc(-n2c(O)c(N=[N+]([O-])c3ccc(CO)cc3)c3ccc(C(F)(F)F)cc32)c1. The highest BCUT2D eigenvalue weighted by atomic mass is 19.4. The Labute approximate surface area is 187 Å². The van der Waals surface area contributed by atoms with Crippen LogP contribution in [0.5, 0.6) is 5.88 Å². The van der Waals surface area contributed by atoms with Crippen LogP contribution in [0.3, 0.4) is 0 Å². The predicted octanol–water partition coefficient (Wildman–Crippen LogP) is 6.39. The number of halogens is 3. The van der Waals surface area contributed by atoms with Crippen molar-refractivity contribution in [3.8, 4) is 11.6 Å². The summed E-state index contributed by atoms with van der Waals surface area (Å²) in [5, 5.41) is 37.0. The predicted molar refractivity (Wildman–Crippen MR) is 117 cm³/mol. The minimum atomic E-state index is -4.59. The van der Waals surface area contributed by atoms with Crippen molar-refractivity contribution >= 4 is 22.3 Å². The van der Waals surface area contributed by atoms with Gasteiger partial charge in [0, 0.05) is 28.3 Å². The van der Waals surface area contributed by atoms with Gasteiger partial charge in [0.1, 0.15) is 0 Å². The summed E-state index contributed by atoms with van der Waals surface area (Å²) >= 11 is 0. The van der Waals surface area contributed by atoms with E-state index in [1.807, 2.05) is 19.9 Å². The molecule has 0 aliphatic rings. The first-order valence-corrected chi connectivity index (χ1v) is 10.0. The minimum Gasteiger partial charge on any atom is -0.594 e. The van der Waals surface area contributed by atoms with E-state index in [0.717, 1.165) is 23.3 Å². The average Bonchev–Trinajstić information content (AvgIpc) is 3.03. The lowest BCUT2D eigenvalue weighted by atomic mass is 10.1. The highest BCUT2D eigenvalue weighted by Crippen LogP contribution is 2.43. The van der Waals surface area contributed by atoms with Gasteiger partial charge in [-0.05, 0) is 77.9 Å². The molecule has 9 heteroatoms. The largest absolute Gasteiger partial charge is 0.594 e. The zero-order valence-electron chi connectivity index (χ0n) is 17.8. The third-order valence-electron chi connectivity index (χ3n) is 5.24. The maximum Gasteiger partial charge on any atom is 0.416 e. The molecular weight excluding hydrogens is 435 g/mol. The van der Waals surface area contributed by atoms with Crippen LogP contribution in [0, 0.1) is 19.1 Å². The second-order valence-corrected chi connectivity index (χ2v) is 7.78. The van der Waals surface area contributed by atoms with E-state index in [0.29, 0.717) is 11.3 Å². The third kappa shape index (κ3) is 4.27. The number of rotatable bonds is 4. The van der Waals surface area contributed by atoms with Crippen molar-refractivity contribution < 1.29 is 28.2 Å². The molecule has 1 aromatic heterocycles. The maximum absolute atomic E-state index is 13.4. The number of hydrogen-bond acceptors (Lipinski definition) is 4. The smallest absolute Gasteiger partial charge is 0.416 e. The minimum absolute atomic E-state index is 0.0649. The molecule has 1 heterocycles. The first kappa shape index (κ1) is 22.3. The van der Waals surface area contributed by atoms with Crippen molar-refractivity contribution in [2.75, 3.05) is 0 Å². The van der Waals surface area contributed by atoms with Crippen molar-refractivity contribution in [1.82, 2.24) is 4.57 Å². The Bertz CT molecular complexity index is 1350. The Morgan fingerprint density at radius 1 is 0.970 bits per heavy atom. The van der Waals surface area contributed by atoms with Gasteiger partial charge in [0.05, 0.1) is 17.7 Å². The molecule has 170 valence electrons. The molecule has 4 aromatic rings. The van der Waals surface area contributed by atoms with Crippen LogP contribution in [0.15, 0.2) is 65.8 Å². The van der Waals surface area contributed by atoms with E-state index in [1.165, 1.54) is 22.8 Å². The highest BCUT2D eigenvalue weighted by molar-refractivity contribution is 5.96. The van der Waals surface area contributed by atoms with Gasteiger partial charge in [0.2, 0.25) is 17.3 Å². The van der Waals surface area contributed by atoms with Gasteiger partial charge < -0.3 is 15.4 Å². The second-order valence-electron chi connectivity index (χ2n) is 7.78. The van der Waals surface area contributed by atoms with Crippen LogP contribution >= 0.6 is 0 Å². The topological polar surface area (TPSA) is 83.8 Å². The number of aryl methyl sites for hydroxylation is 2. The summed E-state index contributed by atoms with van der Waals surface area (Å²) in [5.41, 5.74) is 1.90. The lowest BCUT2D eigenvalue weighted by molar-refractivity contribution is -0.435. The van der Waals surface area contributed by atoms with Gasteiger partial charge in [-0.3, -0.25) is 4.57 Å². The van der Waals surface area contributed by atoms with Gasteiger partial charge in [-0.2, -0.15) is 13.2 Å². The van der Waals surface area contributed by atoms with Gasteiger partial charge >= 0.3 is 6.18 Å². The summed E-state index contributed by atoms with van der Waals surface area (Å²) in [6.07, 6.45) is -4.59. The number of aliphatic hydroxyl groups excluding tert-OH is 1. The Morgan fingerprint density at radius 3 is 2.18 bits per heavy atom. The summed E-state index contributed by atoms with van der Waals surface area (Å²) in [5.74, 6) is -0.456. The first-order valence-electron chi connectivity index (χ1n) is 10.0. The average molecular weight is 455 g/mol. The van der Waals surface area contributed by atoms with Crippen LogP contribution in [0.25, 0.3) is 16.6 Å². The number of aromatic hydroxyl groups is 1. The Balaban J connectivity index is 1.97. The fourth-order valence-electron chi connectivity index (χ4n) is 3.75. The molecule has 2 N–H and O–H groups in total. The summed E-state index contributed by atoms with van der Waals surface area (Å²) in [6.45, 7) is 3.48. The molecule has 4 rings (SSSR count). The molecule has 0 saturated heterocycles. The summed E-state index contributed by atoms with van der Waals surface area (Å²) < 4.78 is 41.5. The molecule has 0 bridgehead atoms. The zero-order valence-corrected chi connectivity index (χ0v) is 17.8. The molecule has 0 fully saturated rings. The van der Waals surface area contributed by atoms with Gasteiger partial charge in [0.15, 0.2) is 0 Å². The van der Waals surface area contributed by atoms with E-state index in [1.54, 1.807) is 24.3 Å². The van der Waals surface area contributed by atoms with Crippen molar-refractivity contribution in [2.24, 2.45) is 5.11 Å². The molecule has 0 radical (unpaired) electrons. The quantitative estimate of drug-likeness (QED) is 0.212. The number of aliphatic hydroxyl groups is 1. The number of aromatic nitrogens is 1. The summed E-state index contributed by atoms with van der Waals surface area (Å²) in [4.78, 5) is 0.277. The fraction of sp³-hybridized carbons (Fsp3) is 0.167. The lowest BCUT2D eigenvalue weighted by Gasteiger charge is -2.11. The fourth-order valence-corrected chi connectivity index (χ4v) is 3.75. The normalized spacial score (nSPS) is 12.5. The standard InChI is InChI=1S/C24H20F3N3O3/c1-14-9-15(2)11-19(10-14)29-21-12-17(24(25,26)27)5-8-20(21)22(23(29)32)28-30(33)18-6-3-16(13-31)4-7-18/h3-12,31-32H,13H2,1-2H3. The van der Waals surface area contributed by atoms with Crippen LogP contribution in [0.1, 0.15) is 22.3 Å². The van der Waals surface area contributed by atoms with E-state index in [9.17, 15) is 23.5 Å². The van der Waals surface area contributed by atoms with Crippen LogP contribution < -0.4 is 0 Å². The number of azo groups is 1. The van der Waals surface area contributed by atoms with Crippen LogP contribution in [-0.4, -0.2) is 19.6 Å². The number of alkyl halides is 3. The molecule has 0 amide bonds. The Morgan fingerprint density at radius 2 is 1.61 bits per heavy atom. The number of fused-ring (bicyclic) bond motifs is 1. The van der Waals surface area contributed by atoms with Crippen molar-refractivity contribution in [2.45, 2.75) is 26.6 Å². The van der Waals surface area contributed by atoms with Gasteiger partial charge in [-0.25, -0.2) is 0 Å². The molecular formula is C24H20F3N3O3. The van der Waals surface area contributed by atoms with Gasteiger partial charge in [0.25, 0.3) is 0 Å². The van der Waals surface area contributed by atoms with Crippen LogP contribution in [0.4, 0.5) is 24.5 Å². The number of hydrogen-bond donors (Lipinski definition) is 2. The molecule has 0 atom stereocenters. The molecule has 3 aromatic carbocycles.